The van der Waals surface area contributed by atoms with Crippen LogP contribution in [0.25, 0.3) is 0 Å². The van der Waals surface area contributed by atoms with E-state index in [1.165, 1.54) is 23.3 Å². The van der Waals surface area contributed by atoms with E-state index in [1.54, 1.807) is 0 Å². The van der Waals surface area contributed by atoms with Gasteiger partial charge in [0.05, 0.1) is 0 Å². The Morgan fingerprint density at radius 3 is 2.35 bits per heavy atom. The van der Waals surface area contributed by atoms with Crippen molar-refractivity contribution in [2.24, 2.45) is 11.7 Å². The molecule has 0 spiro atoms. The first-order chi connectivity index (χ1) is 10.5. The predicted molar refractivity (Wildman–Crippen MR) is 85.5 cm³/mol. The maximum absolute atomic E-state index is 11.7. The molecule has 1 heterocycles. The molecule has 0 aliphatic heterocycles. The third-order valence-corrected chi connectivity index (χ3v) is 11.0. The SMILES string of the molecule is NCC(=O)C1CCC1[PH](O)(O)C(O)(Cn1ccnc1)[PH](O)(O)O. The summed E-state index contributed by atoms with van der Waals surface area (Å²) >= 11 is 0. The summed E-state index contributed by atoms with van der Waals surface area (Å²) in [6, 6.07) is 0. The minimum atomic E-state index is -5.40. The van der Waals surface area contributed by atoms with Crippen LogP contribution in [0.1, 0.15) is 12.8 Å². The first-order valence-corrected chi connectivity index (χ1v) is 10.9. The van der Waals surface area contributed by atoms with Gasteiger partial charge in [0.1, 0.15) is 0 Å². The van der Waals surface area contributed by atoms with Gasteiger partial charge in [-0.05, 0) is 0 Å². The summed E-state index contributed by atoms with van der Waals surface area (Å²) in [4.78, 5) is 65.7. The van der Waals surface area contributed by atoms with Crippen LogP contribution in [-0.2, 0) is 11.3 Å². The Labute approximate surface area is 133 Å². The summed E-state index contributed by atoms with van der Waals surface area (Å²) in [5.41, 5.74) is 4.24. The monoisotopic (exact) mass is 371 g/mol. The number of carbonyl (C=O) groups is 1. The van der Waals surface area contributed by atoms with Crippen LogP contribution < -0.4 is 5.73 Å². The van der Waals surface area contributed by atoms with Crippen LogP contribution in [0.4, 0.5) is 0 Å². The molecule has 0 amide bonds. The first-order valence-electron chi connectivity index (χ1n) is 7.07. The molecule has 0 bridgehead atoms. The number of hydrogen-bond acceptors (Lipinski definition) is 9. The topological polar surface area (TPSA) is 182 Å². The van der Waals surface area contributed by atoms with Crippen molar-refractivity contribution in [3.63, 3.8) is 0 Å². The third kappa shape index (κ3) is 3.19. The Bertz CT molecular complexity index is 562. The molecule has 10 nitrogen and oxygen atoms in total. The Kier molecular flexibility index (Phi) is 5.23. The summed E-state index contributed by atoms with van der Waals surface area (Å²) in [7, 11) is -10.3. The van der Waals surface area contributed by atoms with E-state index in [4.69, 9.17) is 5.73 Å². The number of ketones is 1. The summed E-state index contributed by atoms with van der Waals surface area (Å²) in [6.45, 7) is -0.951. The van der Waals surface area contributed by atoms with E-state index in [0.29, 0.717) is 6.42 Å². The van der Waals surface area contributed by atoms with Gasteiger partial charge in [0, 0.05) is 0 Å². The molecule has 0 radical (unpaired) electrons. The quantitative estimate of drug-likeness (QED) is 0.263. The van der Waals surface area contributed by atoms with Crippen molar-refractivity contribution in [3.05, 3.63) is 18.7 Å². The maximum atomic E-state index is 11.7. The molecule has 134 valence electrons. The number of Topliss-reactive ketones (excluding diaryl/α,β-unsaturated/α-hetero) is 1. The van der Waals surface area contributed by atoms with E-state index in [2.05, 4.69) is 4.98 Å². The van der Waals surface area contributed by atoms with Gasteiger partial charge in [-0.15, -0.1) is 0 Å². The summed E-state index contributed by atoms with van der Waals surface area (Å²) in [6.07, 6.45) is 4.51. The standard InChI is InChI=1S/C11H23N3O7P2/c12-5-9(15)8-1-2-10(8)22(17,18)11(16,23(19,20)21)6-14-4-3-13-7-14/h3-4,7-8,10,16-23H,1-2,5-6,12H2. The van der Waals surface area contributed by atoms with E-state index < -0.39 is 44.6 Å². The van der Waals surface area contributed by atoms with Gasteiger partial charge in [0.15, 0.2) is 0 Å². The Morgan fingerprint density at radius 1 is 1.30 bits per heavy atom. The molecule has 8 N–H and O–H groups in total. The van der Waals surface area contributed by atoms with E-state index in [1.807, 2.05) is 0 Å². The fourth-order valence-electron chi connectivity index (χ4n) is 2.94. The molecule has 3 atom stereocenters. The predicted octanol–water partition coefficient (Wildman–Crippen LogP) is -2.13. The third-order valence-electron chi connectivity index (χ3n) is 4.54. The van der Waals surface area contributed by atoms with Crippen LogP contribution in [0.5, 0.6) is 0 Å². The zero-order valence-electron chi connectivity index (χ0n) is 12.3. The van der Waals surface area contributed by atoms with E-state index in [-0.39, 0.29) is 13.0 Å². The second-order valence-electron chi connectivity index (χ2n) is 5.92. The molecule has 1 aromatic rings. The van der Waals surface area contributed by atoms with Crippen LogP contribution in [0, 0.1) is 5.92 Å². The van der Waals surface area contributed by atoms with Crippen LogP contribution in [0.3, 0.4) is 0 Å². The number of aromatic nitrogens is 2. The molecule has 2 rings (SSSR count). The Morgan fingerprint density at radius 2 is 1.96 bits per heavy atom. The summed E-state index contributed by atoms with van der Waals surface area (Å²) < 4.78 is 1.19. The van der Waals surface area contributed by atoms with Gasteiger partial charge in [-0.3, -0.25) is 0 Å². The molecule has 1 aromatic heterocycles. The minimum absolute atomic E-state index is 0.215. The molecular formula is C11H23N3O7P2. The van der Waals surface area contributed by atoms with Crippen molar-refractivity contribution < 1.29 is 34.4 Å². The van der Waals surface area contributed by atoms with Crippen molar-refractivity contribution in [3.8, 4) is 0 Å². The van der Waals surface area contributed by atoms with Gasteiger partial charge in [0.25, 0.3) is 0 Å². The number of nitrogens with zero attached hydrogens (tertiary/aromatic N) is 2. The van der Waals surface area contributed by atoms with Crippen LogP contribution in [-0.4, -0.2) is 62.2 Å². The molecular weight excluding hydrogens is 348 g/mol. The number of rotatable bonds is 7. The van der Waals surface area contributed by atoms with E-state index in [0.717, 1.165) is 0 Å². The molecule has 23 heavy (non-hydrogen) atoms. The molecule has 12 heteroatoms. The number of nitrogens with two attached hydrogens (primary N) is 1. The van der Waals surface area contributed by atoms with Crippen LogP contribution in [0.2, 0.25) is 0 Å². The second-order valence-corrected chi connectivity index (χ2v) is 11.5. The van der Waals surface area contributed by atoms with Crippen LogP contribution >= 0.6 is 15.7 Å². The van der Waals surface area contributed by atoms with Crippen molar-refractivity contribution in [1.82, 2.24) is 9.55 Å². The summed E-state index contributed by atoms with van der Waals surface area (Å²) in [5, 5.41) is 7.72. The Balaban J connectivity index is 2.36. The molecule has 0 saturated heterocycles. The van der Waals surface area contributed by atoms with Gasteiger partial charge < -0.3 is 0 Å². The summed E-state index contributed by atoms with van der Waals surface area (Å²) in [5.74, 6) is -1.17. The fraction of sp³-hybridized carbons (Fsp3) is 0.636. The normalized spacial score (nSPS) is 26.2. The zero-order valence-corrected chi connectivity index (χ0v) is 14.3. The molecule has 1 saturated carbocycles. The fourth-order valence-corrected chi connectivity index (χ4v) is 8.38. The number of carbonyl (C=O) groups excluding carboxylic acids is 1. The number of imidazole rings is 1. The van der Waals surface area contributed by atoms with E-state index >= 15 is 0 Å². The number of aliphatic hydroxyl groups is 1. The average Bonchev–Trinajstić information content (AvgIpc) is 2.87. The van der Waals surface area contributed by atoms with E-state index in [9.17, 15) is 34.4 Å². The molecule has 1 aliphatic rings. The van der Waals surface area contributed by atoms with Gasteiger partial charge in [-0.1, -0.05) is 0 Å². The molecule has 3 unspecified atom stereocenters. The van der Waals surface area contributed by atoms with Crippen molar-refractivity contribution >= 4 is 21.4 Å². The molecule has 0 aromatic carbocycles. The van der Waals surface area contributed by atoms with Gasteiger partial charge in [-0.25, -0.2) is 0 Å². The van der Waals surface area contributed by atoms with Gasteiger partial charge in [-0.2, -0.15) is 0 Å². The van der Waals surface area contributed by atoms with Crippen molar-refractivity contribution in [2.75, 3.05) is 6.54 Å². The van der Waals surface area contributed by atoms with Crippen LogP contribution in [0.15, 0.2) is 18.7 Å². The number of hydrogen-bond donors (Lipinski definition) is 7. The zero-order chi connectivity index (χ0) is 17.5. The van der Waals surface area contributed by atoms with Gasteiger partial charge >= 0.3 is 132 Å². The first kappa shape index (κ1) is 18.8. The molecule has 1 aliphatic carbocycles. The van der Waals surface area contributed by atoms with Gasteiger partial charge in [0.2, 0.25) is 0 Å². The van der Waals surface area contributed by atoms with Crippen molar-refractivity contribution in [2.45, 2.75) is 30.1 Å². The molecule has 1 fully saturated rings. The Hall–Kier alpha value is -0.540. The average molecular weight is 371 g/mol. The van der Waals surface area contributed by atoms with Crippen molar-refractivity contribution in [1.29, 1.82) is 0 Å². The second kappa shape index (κ2) is 6.40.